The lowest BCUT2D eigenvalue weighted by atomic mass is 10.1. The Labute approximate surface area is 98.8 Å². The van der Waals surface area contributed by atoms with Crippen LogP contribution in [0, 0.1) is 0 Å². The van der Waals surface area contributed by atoms with Gasteiger partial charge in [-0.25, -0.2) is 0 Å². The van der Waals surface area contributed by atoms with Gasteiger partial charge in [0.15, 0.2) is 0 Å². The highest BCUT2D eigenvalue weighted by Gasteiger charge is 2.12. The Balaban J connectivity index is 2.16. The fourth-order valence-corrected chi connectivity index (χ4v) is 2.45. The first-order chi connectivity index (χ1) is 7.92. The summed E-state index contributed by atoms with van der Waals surface area (Å²) in [5.74, 6) is 0. The Morgan fingerprint density at radius 2 is 1.62 bits per heavy atom. The van der Waals surface area contributed by atoms with Gasteiger partial charge in [0.2, 0.25) is 0 Å². The van der Waals surface area contributed by atoms with Gasteiger partial charge in [0.05, 0.1) is 0 Å². The van der Waals surface area contributed by atoms with Gasteiger partial charge in [-0.05, 0) is 25.3 Å². The minimum Gasteiger partial charge on any atom is -0.371 e. The first-order valence-electron chi connectivity index (χ1n) is 6.38. The van der Waals surface area contributed by atoms with Gasteiger partial charge in [-0.15, -0.1) is 0 Å². The zero-order valence-electron chi connectivity index (χ0n) is 10.2. The Kier molecular flexibility index (Phi) is 4.03. The molecule has 1 nitrogen and oxygen atoms in total. The molecule has 1 aromatic rings. The summed E-state index contributed by atoms with van der Waals surface area (Å²) in [6.45, 7) is 4.58. The van der Waals surface area contributed by atoms with Crippen molar-refractivity contribution in [2.24, 2.45) is 0 Å². The van der Waals surface area contributed by atoms with Crippen molar-refractivity contribution in [3.63, 3.8) is 0 Å². The number of hydrogen-bond acceptors (Lipinski definition) is 1. The maximum Gasteiger partial charge on any atom is 0.0396 e. The van der Waals surface area contributed by atoms with Crippen LogP contribution in [0.2, 0.25) is 0 Å². The van der Waals surface area contributed by atoms with Gasteiger partial charge in [-0.1, -0.05) is 49.2 Å². The van der Waals surface area contributed by atoms with E-state index in [4.69, 9.17) is 0 Å². The average Bonchev–Trinajstić information content (AvgIpc) is 2.61. The normalized spacial score (nSPS) is 18.3. The molecule has 1 heterocycles. The van der Waals surface area contributed by atoms with Crippen molar-refractivity contribution in [1.82, 2.24) is 4.90 Å². The highest BCUT2D eigenvalue weighted by molar-refractivity contribution is 5.63. The molecule has 1 aliphatic rings. The summed E-state index contributed by atoms with van der Waals surface area (Å²) in [5.41, 5.74) is 2.76. The van der Waals surface area contributed by atoms with Crippen LogP contribution in [0.5, 0.6) is 0 Å². The fourth-order valence-electron chi connectivity index (χ4n) is 2.45. The van der Waals surface area contributed by atoms with E-state index in [1.165, 1.54) is 50.0 Å². The van der Waals surface area contributed by atoms with Crippen LogP contribution in [-0.4, -0.2) is 18.0 Å². The zero-order chi connectivity index (χ0) is 11.2. The number of benzene rings is 1. The molecule has 0 bridgehead atoms. The molecule has 1 fully saturated rings. The summed E-state index contributed by atoms with van der Waals surface area (Å²) in [4.78, 5) is 2.54. The van der Waals surface area contributed by atoms with E-state index >= 15 is 0 Å². The molecular formula is C15H21N. The van der Waals surface area contributed by atoms with Crippen molar-refractivity contribution in [1.29, 1.82) is 0 Å². The lowest BCUT2D eigenvalue weighted by Crippen LogP contribution is -2.22. The SMILES string of the molecule is CC=C(c1ccccc1)N1CCCCCC1. The smallest absolute Gasteiger partial charge is 0.0396 e. The molecule has 1 aromatic carbocycles. The van der Waals surface area contributed by atoms with Crippen molar-refractivity contribution < 1.29 is 0 Å². The van der Waals surface area contributed by atoms with Gasteiger partial charge in [0.25, 0.3) is 0 Å². The molecule has 0 N–H and O–H groups in total. The first kappa shape index (κ1) is 11.3. The van der Waals surface area contributed by atoms with Crippen molar-refractivity contribution in [3.05, 3.63) is 42.0 Å². The molecule has 86 valence electrons. The van der Waals surface area contributed by atoms with Gasteiger partial charge < -0.3 is 4.90 Å². The van der Waals surface area contributed by atoms with E-state index in [0.29, 0.717) is 0 Å². The van der Waals surface area contributed by atoms with E-state index in [1.54, 1.807) is 0 Å². The molecule has 0 saturated carbocycles. The lowest BCUT2D eigenvalue weighted by Gasteiger charge is -2.26. The molecule has 0 spiro atoms. The third kappa shape index (κ3) is 2.66. The van der Waals surface area contributed by atoms with Crippen LogP contribution < -0.4 is 0 Å². The largest absolute Gasteiger partial charge is 0.371 e. The molecule has 2 rings (SSSR count). The molecule has 0 unspecified atom stereocenters. The number of nitrogens with zero attached hydrogens (tertiary/aromatic N) is 1. The van der Waals surface area contributed by atoms with E-state index in [0.717, 1.165) is 0 Å². The molecular weight excluding hydrogens is 194 g/mol. The summed E-state index contributed by atoms with van der Waals surface area (Å²) in [5, 5.41) is 0. The molecule has 0 atom stereocenters. The van der Waals surface area contributed by atoms with Gasteiger partial charge in [-0.3, -0.25) is 0 Å². The van der Waals surface area contributed by atoms with Gasteiger partial charge in [0.1, 0.15) is 0 Å². The van der Waals surface area contributed by atoms with Crippen LogP contribution in [0.3, 0.4) is 0 Å². The molecule has 0 aliphatic carbocycles. The number of allylic oxidation sites excluding steroid dienone is 1. The Bertz CT molecular complexity index is 332. The quantitative estimate of drug-likeness (QED) is 0.722. The average molecular weight is 215 g/mol. The van der Waals surface area contributed by atoms with Crippen molar-refractivity contribution in [2.45, 2.75) is 32.6 Å². The summed E-state index contributed by atoms with van der Waals surface area (Å²) in [7, 11) is 0. The summed E-state index contributed by atoms with van der Waals surface area (Å²) in [6.07, 6.45) is 7.71. The van der Waals surface area contributed by atoms with Gasteiger partial charge >= 0.3 is 0 Å². The van der Waals surface area contributed by atoms with Crippen molar-refractivity contribution in [3.8, 4) is 0 Å². The van der Waals surface area contributed by atoms with E-state index in [-0.39, 0.29) is 0 Å². The van der Waals surface area contributed by atoms with E-state index in [2.05, 4.69) is 48.2 Å². The number of rotatable bonds is 2. The Morgan fingerprint density at radius 3 is 2.19 bits per heavy atom. The van der Waals surface area contributed by atoms with Crippen molar-refractivity contribution in [2.75, 3.05) is 13.1 Å². The second-order valence-corrected chi connectivity index (χ2v) is 4.44. The van der Waals surface area contributed by atoms with E-state index in [9.17, 15) is 0 Å². The predicted molar refractivity (Wildman–Crippen MR) is 70.1 cm³/mol. The molecule has 0 radical (unpaired) electrons. The number of hydrogen-bond donors (Lipinski definition) is 0. The Morgan fingerprint density at radius 1 is 1.00 bits per heavy atom. The summed E-state index contributed by atoms with van der Waals surface area (Å²) in [6, 6.07) is 10.7. The van der Waals surface area contributed by atoms with Crippen LogP contribution in [0.1, 0.15) is 38.2 Å². The molecule has 0 aromatic heterocycles. The topological polar surface area (TPSA) is 3.24 Å². The van der Waals surface area contributed by atoms with E-state index < -0.39 is 0 Å². The highest BCUT2D eigenvalue weighted by atomic mass is 15.1. The van der Waals surface area contributed by atoms with Crippen LogP contribution in [0.4, 0.5) is 0 Å². The van der Waals surface area contributed by atoms with Crippen molar-refractivity contribution >= 4 is 5.70 Å². The lowest BCUT2D eigenvalue weighted by molar-refractivity contribution is 0.412. The van der Waals surface area contributed by atoms with E-state index in [1.807, 2.05) is 0 Å². The summed E-state index contributed by atoms with van der Waals surface area (Å²) >= 11 is 0. The summed E-state index contributed by atoms with van der Waals surface area (Å²) < 4.78 is 0. The fraction of sp³-hybridized carbons (Fsp3) is 0.467. The van der Waals surface area contributed by atoms with Crippen LogP contribution in [0.15, 0.2) is 36.4 Å². The third-order valence-electron chi connectivity index (χ3n) is 3.29. The third-order valence-corrected chi connectivity index (χ3v) is 3.29. The first-order valence-corrected chi connectivity index (χ1v) is 6.38. The molecule has 16 heavy (non-hydrogen) atoms. The standard InChI is InChI=1S/C15H21N/c1-2-15(14-10-6-5-7-11-14)16-12-8-3-4-9-13-16/h2,5-7,10-11H,3-4,8-9,12-13H2,1H3. The molecule has 1 heteroatoms. The maximum absolute atomic E-state index is 2.54. The molecule has 1 saturated heterocycles. The minimum absolute atomic E-state index is 1.22. The van der Waals surface area contributed by atoms with Gasteiger partial charge in [0, 0.05) is 18.8 Å². The zero-order valence-corrected chi connectivity index (χ0v) is 10.2. The predicted octanol–water partition coefficient (Wildman–Crippen LogP) is 3.92. The minimum atomic E-state index is 1.22. The highest BCUT2D eigenvalue weighted by Crippen LogP contribution is 2.22. The van der Waals surface area contributed by atoms with Crippen LogP contribution in [0.25, 0.3) is 5.70 Å². The molecule has 0 amide bonds. The Hall–Kier alpha value is -1.24. The van der Waals surface area contributed by atoms with Crippen LogP contribution >= 0.6 is 0 Å². The maximum atomic E-state index is 2.54. The van der Waals surface area contributed by atoms with Gasteiger partial charge in [-0.2, -0.15) is 0 Å². The second kappa shape index (κ2) is 5.74. The monoisotopic (exact) mass is 215 g/mol. The number of likely N-dealkylation sites (tertiary alicyclic amines) is 1. The van der Waals surface area contributed by atoms with Crippen LogP contribution in [-0.2, 0) is 0 Å². The molecule has 1 aliphatic heterocycles. The second-order valence-electron chi connectivity index (χ2n) is 4.44.